The fraction of sp³-hybridized carbons (Fsp3) is 0.833. The average Bonchev–Trinajstić information content (AvgIpc) is 3.05. The maximum atomic E-state index is 13.0. The van der Waals surface area contributed by atoms with Gasteiger partial charge in [0.25, 0.3) is 0 Å². The summed E-state index contributed by atoms with van der Waals surface area (Å²) in [6.07, 6.45) is -3.46. The molecule has 0 spiro atoms. The second kappa shape index (κ2) is 4.82. The molecule has 2 unspecified atom stereocenters. The number of nitrogens with one attached hydrogen (secondary N) is 1. The Balaban J connectivity index is 2.02. The zero-order chi connectivity index (χ0) is 15.1. The van der Waals surface area contributed by atoms with Crippen molar-refractivity contribution in [3.05, 3.63) is 0 Å². The largest absolute Gasteiger partial charge is 0.481 e. The molecule has 8 heteroatoms. The van der Waals surface area contributed by atoms with Gasteiger partial charge in [0.1, 0.15) is 0 Å². The fourth-order valence-electron chi connectivity index (χ4n) is 2.51. The van der Waals surface area contributed by atoms with Crippen molar-refractivity contribution in [1.29, 1.82) is 0 Å². The number of amides is 2. The molecule has 1 aliphatic carbocycles. The molecule has 1 saturated heterocycles. The molecule has 2 rings (SSSR count). The summed E-state index contributed by atoms with van der Waals surface area (Å²) in [6.45, 7) is 0.782. The topological polar surface area (TPSA) is 69.6 Å². The van der Waals surface area contributed by atoms with Crippen molar-refractivity contribution in [3.8, 4) is 0 Å². The molecule has 2 aliphatic rings. The van der Waals surface area contributed by atoms with Crippen molar-refractivity contribution in [2.45, 2.75) is 38.4 Å². The van der Waals surface area contributed by atoms with E-state index in [-0.39, 0.29) is 12.6 Å². The molecule has 1 heterocycles. The molecule has 20 heavy (non-hydrogen) atoms. The highest BCUT2D eigenvalue weighted by molar-refractivity contribution is 5.80. The summed E-state index contributed by atoms with van der Waals surface area (Å²) in [4.78, 5) is 23.8. The molecule has 0 radical (unpaired) electrons. The minimum atomic E-state index is -4.87. The van der Waals surface area contributed by atoms with Gasteiger partial charge in [0.05, 0.1) is 0 Å². The van der Waals surface area contributed by atoms with E-state index in [4.69, 9.17) is 5.11 Å². The van der Waals surface area contributed by atoms with Crippen molar-refractivity contribution >= 4 is 12.0 Å². The zero-order valence-corrected chi connectivity index (χ0v) is 11.0. The summed E-state index contributed by atoms with van der Waals surface area (Å²) in [5.74, 6) is -1.54. The summed E-state index contributed by atoms with van der Waals surface area (Å²) < 4.78 is 38.9. The summed E-state index contributed by atoms with van der Waals surface area (Å²) in [6, 6.07) is -0.704. The van der Waals surface area contributed by atoms with Gasteiger partial charge in [-0.2, -0.15) is 13.2 Å². The van der Waals surface area contributed by atoms with E-state index in [0.717, 1.165) is 17.7 Å². The normalized spacial score (nSPS) is 28.3. The van der Waals surface area contributed by atoms with Crippen LogP contribution in [0, 0.1) is 11.3 Å². The first-order chi connectivity index (χ1) is 9.17. The highest BCUT2D eigenvalue weighted by Crippen LogP contribution is 2.45. The lowest BCUT2D eigenvalue weighted by atomic mass is 9.86. The first kappa shape index (κ1) is 14.9. The Morgan fingerprint density at radius 3 is 2.40 bits per heavy atom. The molecular formula is C12H17F3N2O3. The van der Waals surface area contributed by atoms with Crippen LogP contribution in [0.3, 0.4) is 0 Å². The number of urea groups is 1. The number of carbonyl (C=O) groups is 2. The van der Waals surface area contributed by atoms with Crippen LogP contribution in [0.25, 0.3) is 0 Å². The highest BCUT2D eigenvalue weighted by Gasteiger charge is 2.64. The van der Waals surface area contributed by atoms with Gasteiger partial charge in [-0.05, 0) is 32.1 Å². The van der Waals surface area contributed by atoms with E-state index < -0.39 is 36.6 Å². The van der Waals surface area contributed by atoms with Crippen LogP contribution < -0.4 is 5.32 Å². The zero-order valence-electron chi connectivity index (χ0n) is 11.0. The minimum Gasteiger partial charge on any atom is -0.481 e. The Hall–Kier alpha value is -1.47. The van der Waals surface area contributed by atoms with Crippen LogP contribution in [-0.2, 0) is 4.79 Å². The van der Waals surface area contributed by atoms with E-state index in [2.05, 4.69) is 5.32 Å². The quantitative estimate of drug-likeness (QED) is 0.834. The molecule has 0 aromatic rings. The average molecular weight is 294 g/mol. The standard InChI is InChI=1S/C12H17F3N2O3/c1-7(8-2-3-8)16-10(20)17-5-4-11(6-17,9(18)19)12(13,14)15/h7-8H,2-6H2,1H3,(H,16,20)(H,18,19). The van der Waals surface area contributed by atoms with E-state index in [0.29, 0.717) is 5.92 Å². The number of aliphatic carboxylic acids is 1. The first-order valence-electron chi connectivity index (χ1n) is 6.53. The predicted molar refractivity (Wildman–Crippen MR) is 63.0 cm³/mol. The molecule has 2 amide bonds. The van der Waals surface area contributed by atoms with E-state index in [1.165, 1.54) is 0 Å². The number of rotatable bonds is 3. The molecule has 0 bridgehead atoms. The van der Waals surface area contributed by atoms with Gasteiger partial charge in [0.15, 0.2) is 5.41 Å². The number of alkyl halides is 3. The molecule has 2 fully saturated rings. The van der Waals surface area contributed by atoms with Crippen LogP contribution in [0.5, 0.6) is 0 Å². The van der Waals surface area contributed by atoms with Gasteiger partial charge in [-0.1, -0.05) is 0 Å². The van der Waals surface area contributed by atoms with Crippen LogP contribution in [0.15, 0.2) is 0 Å². The Morgan fingerprint density at radius 2 is 2.00 bits per heavy atom. The van der Waals surface area contributed by atoms with Gasteiger partial charge in [0, 0.05) is 19.1 Å². The third-order valence-electron chi connectivity index (χ3n) is 4.19. The predicted octanol–water partition coefficient (Wildman–Crippen LogP) is 1.83. The van der Waals surface area contributed by atoms with Crippen LogP contribution in [0.2, 0.25) is 0 Å². The van der Waals surface area contributed by atoms with Gasteiger partial charge in [-0.25, -0.2) is 4.79 Å². The molecule has 1 saturated carbocycles. The molecule has 0 aromatic heterocycles. The molecule has 2 atom stereocenters. The number of carboxylic acids is 1. The summed E-state index contributed by atoms with van der Waals surface area (Å²) >= 11 is 0. The number of carbonyl (C=O) groups excluding carboxylic acids is 1. The van der Waals surface area contributed by atoms with Crippen molar-refractivity contribution in [2.24, 2.45) is 11.3 Å². The maximum Gasteiger partial charge on any atom is 0.406 e. The SMILES string of the molecule is CC(NC(=O)N1CCC(C(=O)O)(C(F)(F)F)C1)C1CC1. The van der Waals surface area contributed by atoms with E-state index in [1.54, 1.807) is 6.92 Å². The second-order valence-corrected chi connectivity index (χ2v) is 5.63. The third kappa shape index (κ3) is 2.55. The molecule has 2 N–H and O–H groups in total. The Labute approximate surface area is 114 Å². The number of likely N-dealkylation sites (tertiary alicyclic amines) is 1. The van der Waals surface area contributed by atoms with Crippen molar-refractivity contribution in [1.82, 2.24) is 10.2 Å². The van der Waals surface area contributed by atoms with E-state index in [9.17, 15) is 22.8 Å². The lowest BCUT2D eigenvalue weighted by molar-refractivity contribution is -0.226. The van der Waals surface area contributed by atoms with E-state index in [1.807, 2.05) is 0 Å². The van der Waals surface area contributed by atoms with Crippen LogP contribution >= 0.6 is 0 Å². The minimum absolute atomic E-state index is 0.0896. The number of hydrogen-bond donors (Lipinski definition) is 2. The third-order valence-corrected chi connectivity index (χ3v) is 4.19. The lowest BCUT2D eigenvalue weighted by Crippen LogP contribution is -2.50. The number of hydrogen-bond acceptors (Lipinski definition) is 2. The van der Waals surface area contributed by atoms with Gasteiger partial charge in [-0.3, -0.25) is 4.79 Å². The van der Waals surface area contributed by atoms with Crippen LogP contribution in [0.1, 0.15) is 26.2 Å². The van der Waals surface area contributed by atoms with Crippen LogP contribution in [-0.4, -0.2) is 47.3 Å². The van der Waals surface area contributed by atoms with Gasteiger partial charge in [-0.15, -0.1) is 0 Å². The van der Waals surface area contributed by atoms with Crippen LogP contribution in [0.4, 0.5) is 18.0 Å². The fourth-order valence-corrected chi connectivity index (χ4v) is 2.51. The number of nitrogens with zero attached hydrogens (tertiary/aromatic N) is 1. The first-order valence-corrected chi connectivity index (χ1v) is 6.53. The number of halogens is 3. The van der Waals surface area contributed by atoms with Crippen molar-refractivity contribution in [2.75, 3.05) is 13.1 Å². The number of carboxylic acid groups (broad SMARTS) is 1. The molecule has 0 aromatic carbocycles. The van der Waals surface area contributed by atoms with Crippen molar-refractivity contribution < 1.29 is 27.9 Å². The van der Waals surface area contributed by atoms with Crippen molar-refractivity contribution in [3.63, 3.8) is 0 Å². The van der Waals surface area contributed by atoms with Gasteiger partial charge >= 0.3 is 18.2 Å². The smallest absolute Gasteiger partial charge is 0.406 e. The molecule has 5 nitrogen and oxygen atoms in total. The van der Waals surface area contributed by atoms with Gasteiger partial charge in [0.2, 0.25) is 0 Å². The Bertz CT molecular complexity index is 423. The summed E-state index contributed by atoms with van der Waals surface area (Å²) in [5.41, 5.74) is -2.84. The lowest BCUT2D eigenvalue weighted by Gasteiger charge is -2.27. The molecular weight excluding hydrogens is 277 g/mol. The Morgan fingerprint density at radius 1 is 1.40 bits per heavy atom. The van der Waals surface area contributed by atoms with E-state index >= 15 is 0 Å². The Kier molecular flexibility index (Phi) is 3.60. The molecule has 114 valence electrons. The summed E-state index contributed by atoms with van der Waals surface area (Å²) in [7, 11) is 0. The molecule has 1 aliphatic heterocycles. The monoisotopic (exact) mass is 294 g/mol. The maximum absolute atomic E-state index is 13.0. The highest BCUT2D eigenvalue weighted by atomic mass is 19.4. The second-order valence-electron chi connectivity index (χ2n) is 5.63. The summed E-state index contributed by atoms with van der Waals surface area (Å²) in [5, 5.41) is 11.5. The van der Waals surface area contributed by atoms with Gasteiger partial charge < -0.3 is 15.3 Å².